The minimum atomic E-state index is -4.03. The predicted molar refractivity (Wildman–Crippen MR) is 103 cm³/mol. The van der Waals surface area contributed by atoms with Crippen molar-refractivity contribution in [3.8, 4) is 11.4 Å². The van der Waals surface area contributed by atoms with Crippen LogP contribution in [0.2, 0.25) is 0 Å². The van der Waals surface area contributed by atoms with Crippen molar-refractivity contribution in [1.29, 1.82) is 0 Å². The van der Waals surface area contributed by atoms with Crippen LogP contribution in [0.3, 0.4) is 0 Å². The molecule has 4 rings (SSSR count). The Morgan fingerprint density at radius 3 is 2.66 bits per heavy atom. The molecule has 0 bridgehead atoms. The van der Waals surface area contributed by atoms with Gasteiger partial charge in [-0.15, -0.1) is 0 Å². The summed E-state index contributed by atoms with van der Waals surface area (Å²) in [5.74, 6) is 0.270. The van der Waals surface area contributed by atoms with Crippen LogP contribution in [0.4, 0.5) is 10.7 Å². The fraction of sp³-hybridized carbons (Fsp3) is 0.0556. The Bertz CT molecular complexity index is 1260. The lowest BCUT2D eigenvalue weighted by molar-refractivity contribution is 0.186. The van der Waals surface area contributed by atoms with Gasteiger partial charge in [0, 0.05) is 24.1 Å². The SMILES string of the molecule is COC(=O)Nc1nc2ccc(OS(=O)(=O)c3ccc(-n4ccnc4)cc3)cc2[nH]1. The molecule has 0 spiro atoms. The van der Waals surface area contributed by atoms with Gasteiger partial charge in [0.05, 0.1) is 24.5 Å². The summed E-state index contributed by atoms with van der Waals surface area (Å²) in [4.78, 5) is 22.2. The lowest BCUT2D eigenvalue weighted by Gasteiger charge is -2.08. The lowest BCUT2D eigenvalue weighted by atomic mass is 10.3. The number of nitrogens with one attached hydrogen (secondary N) is 2. The van der Waals surface area contributed by atoms with Crippen molar-refractivity contribution in [2.75, 3.05) is 12.4 Å². The van der Waals surface area contributed by atoms with Gasteiger partial charge in [0.15, 0.2) is 0 Å². The molecule has 0 atom stereocenters. The minimum Gasteiger partial charge on any atom is -0.453 e. The number of ether oxygens (including phenoxy) is 1. The molecule has 0 radical (unpaired) electrons. The first kappa shape index (κ1) is 18.5. The number of hydrogen-bond donors (Lipinski definition) is 2. The third-order valence-corrected chi connectivity index (χ3v) is 5.25. The van der Waals surface area contributed by atoms with E-state index in [1.54, 1.807) is 41.5 Å². The van der Waals surface area contributed by atoms with Crippen LogP contribution in [0.5, 0.6) is 5.75 Å². The number of aromatic amines is 1. The number of aromatic nitrogens is 4. The van der Waals surface area contributed by atoms with Crippen LogP contribution in [-0.4, -0.2) is 41.1 Å². The van der Waals surface area contributed by atoms with Gasteiger partial charge in [-0.25, -0.2) is 14.8 Å². The van der Waals surface area contributed by atoms with Gasteiger partial charge in [-0.05, 0) is 36.4 Å². The van der Waals surface area contributed by atoms with Gasteiger partial charge in [-0.3, -0.25) is 5.32 Å². The second-order valence-electron chi connectivity index (χ2n) is 5.88. The van der Waals surface area contributed by atoms with Gasteiger partial charge in [-0.2, -0.15) is 8.42 Å². The number of rotatable bonds is 5. The van der Waals surface area contributed by atoms with E-state index in [9.17, 15) is 13.2 Å². The van der Waals surface area contributed by atoms with E-state index >= 15 is 0 Å². The van der Waals surface area contributed by atoms with Crippen molar-refractivity contribution in [1.82, 2.24) is 19.5 Å². The number of carbonyl (C=O) groups is 1. The minimum absolute atomic E-state index is 0.0131. The van der Waals surface area contributed by atoms with Crippen molar-refractivity contribution in [3.63, 3.8) is 0 Å². The fourth-order valence-electron chi connectivity index (χ4n) is 2.62. The molecule has 0 unspecified atom stereocenters. The summed E-state index contributed by atoms with van der Waals surface area (Å²) in [6.45, 7) is 0. The molecule has 1 amide bonds. The Hall–Kier alpha value is -3.86. The van der Waals surface area contributed by atoms with Gasteiger partial charge in [0.2, 0.25) is 5.95 Å². The van der Waals surface area contributed by atoms with Crippen LogP contribution in [0, 0.1) is 0 Å². The van der Waals surface area contributed by atoms with E-state index in [0.717, 1.165) is 5.69 Å². The zero-order chi connectivity index (χ0) is 20.4. The third kappa shape index (κ3) is 3.89. The summed E-state index contributed by atoms with van der Waals surface area (Å²) >= 11 is 0. The monoisotopic (exact) mass is 413 g/mol. The van der Waals surface area contributed by atoms with Crippen LogP contribution in [0.25, 0.3) is 16.7 Å². The average molecular weight is 413 g/mol. The number of benzene rings is 2. The van der Waals surface area contributed by atoms with Crippen LogP contribution in [0.1, 0.15) is 0 Å². The van der Waals surface area contributed by atoms with E-state index < -0.39 is 16.2 Å². The summed E-state index contributed by atoms with van der Waals surface area (Å²) in [6.07, 6.45) is 4.32. The Kier molecular flexibility index (Phi) is 4.64. The fourth-order valence-corrected chi connectivity index (χ4v) is 3.54. The van der Waals surface area contributed by atoms with Crippen molar-refractivity contribution in [3.05, 3.63) is 61.2 Å². The molecule has 0 saturated heterocycles. The molecule has 2 heterocycles. The van der Waals surface area contributed by atoms with Gasteiger partial charge in [0.25, 0.3) is 0 Å². The zero-order valence-electron chi connectivity index (χ0n) is 15.1. The molecule has 11 heteroatoms. The first-order valence-electron chi connectivity index (χ1n) is 8.32. The van der Waals surface area contributed by atoms with Gasteiger partial charge in [0.1, 0.15) is 10.6 Å². The maximum absolute atomic E-state index is 12.6. The summed E-state index contributed by atoms with van der Waals surface area (Å²) in [5.41, 5.74) is 1.77. The highest BCUT2D eigenvalue weighted by atomic mass is 32.2. The second-order valence-corrected chi connectivity index (χ2v) is 7.43. The lowest BCUT2D eigenvalue weighted by Crippen LogP contribution is -2.11. The average Bonchev–Trinajstić information content (AvgIpc) is 3.37. The highest BCUT2D eigenvalue weighted by molar-refractivity contribution is 7.87. The molecular weight excluding hydrogens is 398 g/mol. The van der Waals surface area contributed by atoms with Crippen LogP contribution in [-0.2, 0) is 14.9 Å². The standard InChI is InChI=1S/C18H15N5O5S/c1-27-18(24)22-17-20-15-7-4-13(10-16(15)21-17)28-29(25,26)14-5-2-12(3-6-14)23-9-8-19-11-23/h2-11H,1H3,(H2,20,21,22,24). The van der Waals surface area contributed by atoms with Crippen molar-refractivity contribution < 1.29 is 22.1 Å². The molecule has 148 valence electrons. The van der Waals surface area contributed by atoms with Crippen molar-refractivity contribution >= 4 is 33.2 Å². The van der Waals surface area contributed by atoms with E-state index in [-0.39, 0.29) is 16.6 Å². The van der Waals surface area contributed by atoms with Gasteiger partial charge < -0.3 is 18.5 Å². The number of nitrogens with zero attached hydrogens (tertiary/aromatic N) is 3. The number of hydrogen-bond acceptors (Lipinski definition) is 7. The van der Waals surface area contributed by atoms with Gasteiger partial charge >= 0.3 is 16.2 Å². The van der Waals surface area contributed by atoms with E-state index in [2.05, 4.69) is 25.0 Å². The molecule has 0 aliphatic heterocycles. The number of amides is 1. The second kappa shape index (κ2) is 7.28. The summed E-state index contributed by atoms with van der Waals surface area (Å²) in [7, 11) is -2.80. The molecule has 4 aromatic rings. The molecule has 0 fully saturated rings. The number of carbonyl (C=O) groups excluding carboxylic acids is 1. The summed E-state index contributed by atoms with van der Waals surface area (Å²) < 4.78 is 36.7. The smallest absolute Gasteiger partial charge is 0.413 e. The van der Waals surface area contributed by atoms with Gasteiger partial charge in [-0.1, -0.05) is 0 Å². The molecule has 2 aromatic carbocycles. The maximum atomic E-state index is 12.6. The molecule has 0 saturated carbocycles. The van der Waals surface area contributed by atoms with Crippen LogP contribution < -0.4 is 9.50 Å². The van der Waals surface area contributed by atoms with Crippen LogP contribution >= 0.6 is 0 Å². The predicted octanol–water partition coefficient (Wildman–Crippen LogP) is 2.69. The number of methoxy groups -OCH3 is 1. The quantitative estimate of drug-likeness (QED) is 0.481. The van der Waals surface area contributed by atoms with E-state index in [1.165, 1.54) is 31.4 Å². The molecule has 2 N–H and O–H groups in total. The van der Waals surface area contributed by atoms with Crippen LogP contribution in [0.15, 0.2) is 66.1 Å². The molecule has 10 nitrogen and oxygen atoms in total. The number of fused-ring (bicyclic) bond motifs is 1. The largest absolute Gasteiger partial charge is 0.453 e. The first-order valence-corrected chi connectivity index (χ1v) is 9.73. The third-order valence-electron chi connectivity index (χ3n) is 3.99. The zero-order valence-corrected chi connectivity index (χ0v) is 15.9. The maximum Gasteiger partial charge on any atom is 0.413 e. The topological polar surface area (TPSA) is 128 Å². The van der Waals surface area contributed by atoms with E-state index in [4.69, 9.17) is 4.18 Å². The molecule has 0 aliphatic rings. The Morgan fingerprint density at radius 1 is 1.17 bits per heavy atom. The summed E-state index contributed by atoms with van der Waals surface area (Å²) in [6, 6.07) is 10.7. The number of H-pyrrole nitrogens is 1. The number of imidazole rings is 2. The molecule has 29 heavy (non-hydrogen) atoms. The molecular formula is C18H15N5O5S. The van der Waals surface area contributed by atoms with E-state index in [1.807, 2.05) is 0 Å². The normalized spacial score (nSPS) is 11.3. The highest BCUT2D eigenvalue weighted by Gasteiger charge is 2.17. The Balaban J connectivity index is 1.55. The molecule has 2 aromatic heterocycles. The summed E-state index contributed by atoms with van der Waals surface area (Å²) in [5, 5.41) is 2.40. The highest BCUT2D eigenvalue weighted by Crippen LogP contribution is 2.24. The van der Waals surface area contributed by atoms with Crippen molar-refractivity contribution in [2.45, 2.75) is 4.90 Å². The first-order chi connectivity index (χ1) is 13.9. The number of anilines is 1. The van der Waals surface area contributed by atoms with E-state index in [0.29, 0.717) is 11.0 Å². The Morgan fingerprint density at radius 2 is 1.97 bits per heavy atom. The molecule has 0 aliphatic carbocycles. The Labute approximate surface area is 165 Å². The van der Waals surface area contributed by atoms with Crippen molar-refractivity contribution in [2.24, 2.45) is 0 Å².